The lowest BCUT2D eigenvalue weighted by Gasteiger charge is -2.28. The van der Waals surface area contributed by atoms with Crippen LogP contribution in [-0.4, -0.2) is 86.2 Å². The number of hydrogen-bond donors (Lipinski definition) is 1. The van der Waals surface area contributed by atoms with Crippen LogP contribution in [0.2, 0.25) is 0 Å². The zero-order valence-electron chi connectivity index (χ0n) is 18.4. The molecule has 5 nitrogen and oxygen atoms in total. The van der Waals surface area contributed by atoms with Crippen LogP contribution in [0.4, 0.5) is 0 Å². The van der Waals surface area contributed by atoms with Crippen LogP contribution in [-0.2, 0) is 9.47 Å². The molecule has 3 unspecified atom stereocenters. The lowest BCUT2D eigenvalue weighted by Crippen LogP contribution is -2.40. The van der Waals surface area contributed by atoms with E-state index in [2.05, 4.69) is 51.3 Å². The number of aliphatic hydroxyl groups is 1. The molecule has 0 aliphatic heterocycles. The van der Waals surface area contributed by atoms with Gasteiger partial charge >= 0.3 is 0 Å². The monoisotopic (exact) mass is 374 g/mol. The van der Waals surface area contributed by atoms with Crippen molar-refractivity contribution in [1.82, 2.24) is 9.80 Å². The van der Waals surface area contributed by atoms with Crippen LogP contribution in [0.1, 0.15) is 60.8 Å². The summed E-state index contributed by atoms with van der Waals surface area (Å²) in [4.78, 5) is 4.58. The van der Waals surface area contributed by atoms with Crippen LogP contribution >= 0.6 is 0 Å². The average molecular weight is 375 g/mol. The number of aliphatic hydroxyl groups excluding tert-OH is 1. The molecule has 0 fully saturated rings. The molecule has 0 saturated carbocycles. The molecule has 0 saturated heterocycles. The van der Waals surface area contributed by atoms with E-state index in [9.17, 15) is 5.11 Å². The summed E-state index contributed by atoms with van der Waals surface area (Å²) in [6.45, 7) is 20.3. The topological polar surface area (TPSA) is 45.2 Å². The van der Waals surface area contributed by atoms with Gasteiger partial charge in [0, 0.05) is 19.7 Å². The Kier molecular flexibility index (Phi) is 16.8. The highest BCUT2D eigenvalue weighted by Crippen LogP contribution is 2.11. The van der Waals surface area contributed by atoms with Crippen LogP contribution in [0.15, 0.2) is 0 Å². The Hall–Kier alpha value is -0.200. The normalized spacial score (nSPS) is 15.6. The Labute approximate surface area is 163 Å². The van der Waals surface area contributed by atoms with Gasteiger partial charge in [0.15, 0.2) is 0 Å². The van der Waals surface area contributed by atoms with E-state index in [1.54, 1.807) is 0 Å². The predicted molar refractivity (Wildman–Crippen MR) is 111 cm³/mol. The minimum absolute atomic E-state index is 0.0142. The van der Waals surface area contributed by atoms with E-state index >= 15 is 0 Å². The lowest BCUT2D eigenvalue weighted by atomic mass is 10.0. The zero-order valence-corrected chi connectivity index (χ0v) is 18.4. The van der Waals surface area contributed by atoms with Gasteiger partial charge in [-0.2, -0.15) is 0 Å². The summed E-state index contributed by atoms with van der Waals surface area (Å²) in [6.07, 6.45) is 3.16. The van der Waals surface area contributed by atoms with Crippen molar-refractivity contribution >= 4 is 0 Å². The minimum Gasteiger partial charge on any atom is -0.389 e. The first-order valence-corrected chi connectivity index (χ1v) is 10.9. The molecule has 0 aliphatic carbocycles. The fraction of sp³-hybridized carbons (Fsp3) is 1.00. The van der Waals surface area contributed by atoms with E-state index in [1.165, 1.54) is 12.8 Å². The minimum atomic E-state index is -0.447. The molecule has 0 heterocycles. The SMILES string of the molecule is CCCC(CC)COCC(CN(CC)CC)OCC(O)CN(CC)CC. The first-order valence-electron chi connectivity index (χ1n) is 10.9. The average Bonchev–Trinajstić information content (AvgIpc) is 2.66. The van der Waals surface area contributed by atoms with Crippen molar-refractivity contribution in [2.75, 3.05) is 59.1 Å². The first kappa shape index (κ1) is 25.8. The summed E-state index contributed by atoms with van der Waals surface area (Å²) in [6, 6.07) is 0. The lowest BCUT2D eigenvalue weighted by molar-refractivity contribution is -0.0686. The second-order valence-corrected chi connectivity index (χ2v) is 7.18. The highest BCUT2D eigenvalue weighted by Gasteiger charge is 2.17. The fourth-order valence-corrected chi connectivity index (χ4v) is 3.18. The first-order chi connectivity index (χ1) is 12.5. The molecule has 0 aromatic rings. The summed E-state index contributed by atoms with van der Waals surface area (Å²) >= 11 is 0. The number of hydrogen-bond acceptors (Lipinski definition) is 5. The third-order valence-corrected chi connectivity index (χ3v) is 5.18. The molecule has 0 spiro atoms. The molecule has 3 atom stereocenters. The second kappa shape index (κ2) is 16.9. The van der Waals surface area contributed by atoms with E-state index in [0.717, 1.165) is 45.8 Å². The maximum Gasteiger partial charge on any atom is 0.0936 e. The van der Waals surface area contributed by atoms with Crippen LogP contribution < -0.4 is 0 Å². The Bertz CT molecular complexity index is 297. The summed E-state index contributed by atoms with van der Waals surface area (Å²) < 4.78 is 12.1. The molecule has 0 rings (SSSR count). The highest BCUT2D eigenvalue weighted by atomic mass is 16.5. The van der Waals surface area contributed by atoms with Crippen molar-refractivity contribution in [3.05, 3.63) is 0 Å². The summed E-state index contributed by atoms with van der Waals surface area (Å²) in [5, 5.41) is 10.3. The van der Waals surface area contributed by atoms with E-state index in [1.807, 2.05) is 0 Å². The maximum atomic E-state index is 10.3. The fourth-order valence-electron chi connectivity index (χ4n) is 3.18. The third kappa shape index (κ3) is 12.2. The van der Waals surface area contributed by atoms with Gasteiger partial charge in [-0.05, 0) is 38.5 Å². The van der Waals surface area contributed by atoms with Crippen LogP contribution in [0.25, 0.3) is 0 Å². The molecule has 1 N–H and O–H groups in total. The molecule has 5 heteroatoms. The number of nitrogens with zero attached hydrogens (tertiary/aromatic N) is 2. The third-order valence-electron chi connectivity index (χ3n) is 5.18. The standard InChI is InChI=1S/C21H46N2O3/c1-7-13-19(8-2)16-25-18-21(15-23(11-5)12-6)26-17-20(24)14-22(9-3)10-4/h19-21,24H,7-18H2,1-6H3. The summed E-state index contributed by atoms with van der Waals surface area (Å²) in [5.41, 5.74) is 0. The van der Waals surface area contributed by atoms with Crippen LogP contribution in [0, 0.1) is 5.92 Å². The second-order valence-electron chi connectivity index (χ2n) is 7.18. The van der Waals surface area contributed by atoms with Gasteiger partial charge in [0.25, 0.3) is 0 Å². The van der Waals surface area contributed by atoms with Gasteiger partial charge in [-0.25, -0.2) is 0 Å². The molecule has 0 aromatic carbocycles. The van der Waals surface area contributed by atoms with Gasteiger partial charge in [0.05, 0.1) is 25.4 Å². The number of rotatable bonds is 18. The van der Waals surface area contributed by atoms with E-state index < -0.39 is 6.10 Å². The van der Waals surface area contributed by atoms with Gasteiger partial charge in [0.2, 0.25) is 0 Å². The number of likely N-dealkylation sites (N-methyl/N-ethyl adjacent to an activating group) is 2. The summed E-state index contributed by atoms with van der Waals surface area (Å²) in [5.74, 6) is 0.641. The van der Waals surface area contributed by atoms with Crippen molar-refractivity contribution in [3.8, 4) is 0 Å². The maximum absolute atomic E-state index is 10.3. The molecule has 0 amide bonds. The molecule has 0 aliphatic rings. The van der Waals surface area contributed by atoms with E-state index in [-0.39, 0.29) is 6.10 Å². The van der Waals surface area contributed by atoms with Gasteiger partial charge in [-0.1, -0.05) is 54.4 Å². The molecule has 0 aromatic heterocycles. The Morgan fingerprint density at radius 2 is 1.35 bits per heavy atom. The number of ether oxygens (including phenoxy) is 2. The van der Waals surface area contributed by atoms with Crippen LogP contribution in [0.5, 0.6) is 0 Å². The van der Waals surface area contributed by atoms with Crippen molar-refractivity contribution in [3.63, 3.8) is 0 Å². The van der Waals surface area contributed by atoms with Gasteiger partial charge in [-0.3, -0.25) is 0 Å². The van der Waals surface area contributed by atoms with Crippen molar-refractivity contribution < 1.29 is 14.6 Å². The molecule has 0 bridgehead atoms. The summed E-state index contributed by atoms with van der Waals surface area (Å²) in [7, 11) is 0. The Morgan fingerprint density at radius 1 is 0.769 bits per heavy atom. The largest absolute Gasteiger partial charge is 0.389 e. The quantitative estimate of drug-likeness (QED) is 0.399. The molecule has 26 heavy (non-hydrogen) atoms. The molecule has 0 radical (unpaired) electrons. The van der Waals surface area contributed by atoms with Crippen molar-refractivity contribution in [1.29, 1.82) is 0 Å². The molecule has 158 valence electrons. The Balaban J connectivity index is 4.45. The van der Waals surface area contributed by atoms with Gasteiger partial charge in [-0.15, -0.1) is 0 Å². The molecular formula is C21H46N2O3. The smallest absolute Gasteiger partial charge is 0.0936 e. The van der Waals surface area contributed by atoms with E-state index in [0.29, 0.717) is 25.7 Å². The van der Waals surface area contributed by atoms with Crippen molar-refractivity contribution in [2.45, 2.75) is 73.0 Å². The predicted octanol–water partition coefficient (Wildman–Crippen LogP) is 3.26. The highest BCUT2D eigenvalue weighted by molar-refractivity contribution is 4.68. The van der Waals surface area contributed by atoms with Crippen LogP contribution in [0.3, 0.4) is 0 Å². The zero-order chi connectivity index (χ0) is 19.8. The molecular weight excluding hydrogens is 328 g/mol. The van der Waals surface area contributed by atoms with Crippen molar-refractivity contribution in [2.24, 2.45) is 5.92 Å². The van der Waals surface area contributed by atoms with E-state index in [4.69, 9.17) is 9.47 Å². The van der Waals surface area contributed by atoms with Gasteiger partial charge in [0.1, 0.15) is 0 Å². The Morgan fingerprint density at radius 3 is 1.85 bits per heavy atom. The van der Waals surface area contributed by atoms with Gasteiger partial charge < -0.3 is 24.4 Å².